The van der Waals surface area contributed by atoms with Gasteiger partial charge in [-0.1, -0.05) is 27.7 Å². The van der Waals surface area contributed by atoms with Crippen LogP contribution in [-0.2, 0) is 10.8 Å². The number of hydrogen-bond acceptors (Lipinski definition) is 6. The van der Waals surface area contributed by atoms with Gasteiger partial charge in [-0.25, -0.2) is 9.97 Å². The number of H-pyrrole nitrogens is 2. The Bertz CT molecular complexity index is 1090. The van der Waals surface area contributed by atoms with E-state index in [1.54, 1.807) is 12.4 Å². The SMILES string of the molecule is Cc1cc(-c2cncc(C(C)(C)C(C)(C)c3cncc(-c4cc(C)[nH]n4)n3)n2)n[nH]1. The van der Waals surface area contributed by atoms with Crippen LogP contribution in [0.2, 0.25) is 0 Å². The molecule has 4 rings (SSSR count). The molecular formula is C22H26N8. The Labute approximate surface area is 175 Å². The van der Waals surface area contributed by atoms with Gasteiger partial charge in [-0.15, -0.1) is 0 Å². The second-order valence-electron chi connectivity index (χ2n) is 8.70. The molecule has 8 heteroatoms. The normalized spacial score (nSPS) is 12.3. The maximum absolute atomic E-state index is 4.89. The molecule has 0 aromatic carbocycles. The molecule has 0 fully saturated rings. The summed E-state index contributed by atoms with van der Waals surface area (Å²) < 4.78 is 0. The molecule has 2 N–H and O–H groups in total. The van der Waals surface area contributed by atoms with Gasteiger partial charge in [0.05, 0.1) is 23.8 Å². The number of nitrogens with one attached hydrogen (secondary N) is 2. The summed E-state index contributed by atoms with van der Waals surface area (Å²) in [5.74, 6) is 0. The number of rotatable bonds is 5. The number of hydrogen-bond donors (Lipinski definition) is 2. The Morgan fingerprint density at radius 3 is 1.33 bits per heavy atom. The highest BCUT2D eigenvalue weighted by atomic mass is 15.1. The average molecular weight is 403 g/mol. The van der Waals surface area contributed by atoms with Crippen LogP contribution in [0.25, 0.3) is 22.8 Å². The van der Waals surface area contributed by atoms with Crippen LogP contribution in [0.1, 0.15) is 50.5 Å². The Balaban J connectivity index is 1.73. The van der Waals surface area contributed by atoms with Gasteiger partial charge in [-0.3, -0.25) is 20.2 Å². The molecule has 0 amide bonds. The van der Waals surface area contributed by atoms with Crippen LogP contribution in [0.4, 0.5) is 0 Å². The molecule has 0 unspecified atom stereocenters. The summed E-state index contributed by atoms with van der Waals surface area (Å²) in [4.78, 5) is 18.7. The Hall–Kier alpha value is -3.42. The fourth-order valence-corrected chi connectivity index (χ4v) is 3.32. The van der Waals surface area contributed by atoms with Crippen LogP contribution >= 0.6 is 0 Å². The van der Waals surface area contributed by atoms with Crippen molar-refractivity contribution in [1.82, 2.24) is 40.3 Å². The van der Waals surface area contributed by atoms with E-state index in [1.807, 2.05) is 38.4 Å². The smallest absolute Gasteiger partial charge is 0.112 e. The Morgan fingerprint density at radius 1 is 0.600 bits per heavy atom. The van der Waals surface area contributed by atoms with Crippen molar-refractivity contribution in [3.05, 3.63) is 59.7 Å². The van der Waals surface area contributed by atoms with E-state index >= 15 is 0 Å². The van der Waals surface area contributed by atoms with Crippen molar-refractivity contribution >= 4 is 0 Å². The van der Waals surface area contributed by atoms with E-state index in [2.05, 4.69) is 58.1 Å². The second-order valence-corrected chi connectivity index (χ2v) is 8.70. The molecule has 154 valence electrons. The number of aromatic amines is 2. The van der Waals surface area contributed by atoms with Crippen molar-refractivity contribution in [3.8, 4) is 22.8 Å². The second kappa shape index (κ2) is 7.12. The number of aryl methyl sites for hydroxylation is 2. The summed E-state index contributed by atoms with van der Waals surface area (Å²) in [6.07, 6.45) is 7.11. The minimum atomic E-state index is -0.379. The van der Waals surface area contributed by atoms with E-state index < -0.39 is 0 Å². The summed E-state index contributed by atoms with van der Waals surface area (Å²) in [6.45, 7) is 12.6. The van der Waals surface area contributed by atoms with Gasteiger partial charge in [0.15, 0.2) is 0 Å². The Morgan fingerprint density at radius 2 is 1.00 bits per heavy atom. The predicted octanol–water partition coefficient (Wildman–Crippen LogP) is 3.92. The standard InChI is InChI=1S/C22H26N8/c1-13-7-15(29-27-13)17-9-23-11-19(25-17)21(3,4)22(5,6)20-12-24-10-18(26-20)16-8-14(2)28-30-16/h7-12H,1-6H3,(H,27,29)(H,28,30). The highest BCUT2D eigenvalue weighted by Crippen LogP contribution is 2.42. The summed E-state index contributed by atoms with van der Waals surface area (Å²) in [5, 5.41) is 14.6. The predicted molar refractivity (Wildman–Crippen MR) is 115 cm³/mol. The molecule has 0 atom stereocenters. The van der Waals surface area contributed by atoms with Crippen molar-refractivity contribution in [1.29, 1.82) is 0 Å². The van der Waals surface area contributed by atoms with Gasteiger partial charge in [0.25, 0.3) is 0 Å². The minimum absolute atomic E-state index is 0.379. The van der Waals surface area contributed by atoms with Crippen LogP contribution in [0.15, 0.2) is 36.9 Å². The molecule has 30 heavy (non-hydrogen) atoms. The molecule has 0 spiro atoms. The first-order valence-corrected chi connectivity index (χ1v) is 9.88. The van der Waals surface area contributed by atoms with Gasteiger partial charge in [0.1, 0.15) is 22.8 Å². The maximum atomic E-state index is 4.89. The van der Waals surface area contributed by atoms with Crippen LogP contribution in [-0.4, -0.2) is 40.3 Å². The first kappa shape index (κ1) is 19.9. The van der Waals surface area contributed by atoms with Crippen molar-refractivity contribution in [2.24, 2.45) is 0 Å². The average Bonchev–Trinajstić information content (AvgIpc) is 3.36. The molecule has 0 aliphatic rings. The van der Waals surface area contributed by atoms with E-state index in [-0.39, 0.29) is 10.8 Å². The summed E-state index contributed by atoms with van der Waals surface area (Å²) in [5.41, 5.74) is 6.00. The lowest BCUT2D eigenvalue weighted by Crippen LogP contribution is -2.42. The molecule has 4 heterocycles. The van der Waals surface area contributed by atoms with Gasteiger partial charge in [0.2, 0.25) is 0 Å². The quantitative estimate of drug-likeness (QED) is 0.524. The third-order valence-corrected chi connectivity index (χ3v) is 6.05. The molecular weight excluding hydrogens is 376 g/mol. The fraction of sp³-hybridized carbons (Fsp3) is 0.364. The zero-order chi connectivity index (χ0) is 21.5. The van der Waals surface area contributed by atoms with Crippen molar-refractivity contribution in [2.45, 2.75) is 52.4 Å². The maximum Gasteiger partial charge on any atom is 0.112 e. The lowest BCUT2D eigenvalue weighted by atomic mass is 9.64. The van der Waals surface area contributed by atoms with E-state index in [1.165, 1.54) is 0 Å². The van der Waals surface area contributed by atoms with Crippen molar-refractivity contribution < 1.29 is 0 Å². The lowest BCUT2D eigenvalue weighted by molar-refractivity contribution is 0.287. The van der Waals surface area contributed by atoms with Gasteiger partial charge < -0.3 is 0 Å². The Kier molecular flexibility index (Phi) is 4.72. The third kappa shape index (κ3) is 3.38. The molecule has 4 aromatic heterocycles. The highest BCUT2D eigenvalue weighted by Gasteiger charge is 2.42. The van der Waals surface area contributed by atoms with Crippen LogP contribution in [0.5, 0.6) is 0 Å². The molecule has 0 aliphatic carbocycles. The molecule has 8 nitrogen and oxygen atoms in total. The van der Waals surface area contributed by atoms with Gasteiger partial charge in [-0.2, -0.15) is 10.2 Å². The van der Waals surface area contributed by atoms with Crippen molar-refractivity contribution in [2.75, 3.05) is 0 Å². The van der Waals surface area contributed by atoms with E-state index in [0.717, 1.165) is 45.6 Å². The topological polar surface area (TPSA) is 109 Å². The van der Waals surface area contributed by atoms with Crippen LogP contribution in [0.3, 0.4) is 0 Å². The molecule has 0 radical (unpaired) electrons. The van der Waals surface area contributed by atoms with E-state index in [0.29, 0.717) is 0 Å². The van der Waals surface area contributed by atoms with Crippen molar-refractivity contribution in [3.63, 3.8) is 0 Å². The van der Waals surface area contributed by atoms with Gasteiger partial charge in [0, 0.05) is 34.6 Å². The zero-order valence-electron chi connectivity index (χ0n) is 18.1. The highest BCUT2D eigenvalue weighted by molar-refractivity contribution is 5.54. The molecule has 0 saturated carbocycles. The third-order valence-electron chi connectivity index (χ3n) is 6.05. The first-order valence-electron chi connectivity index (χ1n) is 9.88. The molecule has 0 aliphatic heterocycles. The minimum Gasteiger partial charge on any atom is -0.282 e. The van der Waals surface area contributed by atoms with Crippen LogP contribution < -0.4 is 0 Å². The van der Waals surface area contributed by atoms with Gasteiger partial charge in [-0.05, 0) is 26.0 Å². The van der Waals surface area contributed by atoms with E-state index in [9.17, 15) is 0 Å². The molecule has 0 saturated heterocycles. The summed E-state index contributed by atoms with van der Waals surface area (Å²) >= 11 is 0. The van der Waals surface area contributed by atoms with Crippen LogP contribution in [0, 0.1) is 13.8 Å². The largest absolute Gasteiger partial charge is 0.282 e. The first-order chi connectivity index (χ1) is 14.2. The zero-order valence-corrected chi connectivity index (χ0v) is 18.1. The lowest BCUT2D eigenvalue weighted by Gasteiger charge is -2.40. The van der Waals surface area contributed by atoms with Gasteiger partial charge >= 0.3 is 0 Å². The number of nitrogens with zero attached hydrogens (tertiary/aromatic N) is 6. The number of aromatic nitrogens is 8. The van der Waals surface area contributed by atoms with E-state index in [4.69, 9.17) is 9.97 Å². The molecule has 4 aromatic rings. The monoisotopic (exact) mass is 402 g/mol. The summed E-state index contributed by atoms with van der Waals surface area (Å²) in [6, 6.07) is 3.93. The fourth-order valence-electron chi connectivity index (χ4n) is 3.32. The summed E-state index contributed by atoms with van der Waals surface area (Å²) in [7, 11) is 0. The molecule has 0 bridgehead atoms.